The normalized spacial score (nSPS) is 11.5. The number of aromatic nitrogens is 6. The Labute approximate surface area is 166 Å². The number of tetrazole rings is 1. The molecule has 0 saturated heterocycles. The Morgan fingerprint density at radius 3 is 2.89 bits per heavy atom. The molecule has 28 heavy (non-hydrogen) atoms. The van der Waals surface area contributed by atoms with Crippen LogP contribution in [0.3, 0.4) is 0 Å². The molecule has 1 aromatic carbocycles. The highest BCUT2D eigenvalue weighted by Crippen LogP contribution is 2.21. The summed E-state index contributed by atoms with van der Waals surface area (Å²) in [4.78, 5) is 13.0. The van der Waals surface area contributed by atoms with E-state index in [1.165, 1.54) is 16.0 Å². The molecule has 0 atom stereocenters. The van der Waals surface area contributed by atoms with Gasteiger partial charge in [0.25, 0.3) is 5.91 Å². The summed E-state index contributed by atoms with van der Waals surface area (Å²) in [5.41, 5.74) is 1.04. The molecular formula is C18H21N7O2S. The van der Waals surface area contributed by atoms with Gasteiger partial charge in [-0.05, 0) is 47.5 Å². The number of rotatable bonds is 8. The molecule has 0 aliphatic heterocycles. The molecule has 0 aliphatic rings. The number of hydrogen-bond acceptors (Lipinski definition) is 8. The second-order valence-electron chi connectivity index (χ2n) is 6.00. The number of methoxy groups -OCH3 is 1. The van der Waals surface area contributed by atoms with Crippen LogP contribution >= 0.6 is 11.3 Å². The number of aryl methyl sites for hydroxylation is 2. The molecule has 0 radical (unpaired) electrons. The molecule has 0 fully saturated rings. The molecule has 3 rings (SSSR count). The minimum atomic E-state index is -0.378. The highest BCUT2D eigenvalue weighted by Gasteiger charge is 2.18. The molecule has 0 saturated carbocycles. The first-order valence-electron chi connectivity index (χ1n) is 8.85. The van der Waals surface area contributed by atoms with Crippen LogP contribution in [0.25, 0.3) is 11.8 Å². The number of nitrogens with zero attached hydrogens (tertiary/aromatic N) is 6. The van der Waals surface area contributed by atoms with Gasteiger partial charge >= 0.3 is 0 Å². The number of ether oxygens (including phenoxy) is 1. The number of anilines is 1. The number of unbranched alkanes of at least 4 members (excludes halogenated alkanes) is 1. The van der Waals surface area contributed by atoms with E-state index < -0.39 is 0 Å². The van der Waals surface area contributed by atoms with Crippen molar-refractivity contribution in [2.75, 3.05) is 12.4 Å². The van der Waals surface area contributed by atoms with E-state index in [9.17, 15) is 4.79 Å². The molecule has 1 N–H and O–H groups in total. The average molecular weight is 399 g/mol. The minimum Gasteiger partial charge on any atom is -0.497 e. The van der Waals surface area contributed by atoms with E-state index in [0.717, 1.165) is 29.8 Å². The zero-order valence-electron chi connectivity index (χ0n) is 15.9. The Hall–Kier alpha value is -3.14. The van der Waals surface area contributed by atoms with Crippen molar-refractivity contribution in [3.63, 3.8) is 0 Å². The summed E-state index contributed by atoms with van der Waals surface area (Å²) in [6.07, 6.45) is 4.66. The fourth-order valence-corrected chi connectivity index (χ4v) is 3.24. The van der Waals surface area contributed by atoms with Gasteiger partial charge in [-0.15, -0.1) is 15.3 Å². The van der Waals surface area contributed by atoms with Crippen molar-refractivity contribution in [2.45, 2.75) is 33.1 Å². The summed E-state index contributed by atoms with van der Waals surface area (Å²) in [6, 6.07) is 7.36. The van der Waals surface area contributed by atoms with E-state index in [-0.39, 0.29) is 11.6 Å². The average Bonchev–Trinajstić information content (AvgIpc) is 3.33. The standard InChI is InChI=1S/C18H21N7O2S/c1-4-5-9-16-21-22-18(28-16)19-17(26)15(25-12(2)20-23-24-25)11-13-7-6-8-14(10-13)27-3/h6-8,10-11H,4-5,9H2,1-3H3,(H,19,22,26)/b15-11-. The number of amides is 1. The lowest BCUT2D eigenvalue weighted by atomic mass is 10.1. The molecule has 1 amide bonds. The van der Waals surface area contributed by atoms with Crippen molar-refractivity contribution < 1.29 is 9.53 Å². The second kappa shape index (κ2) is 9.18. The fourth-order valence-electron chi connectivity index (χ4n) is 2.46. The largest absolute Gasteiger partial charge is 0.497 e. The van der Waals surface area contributed by atoms with Crippen LogP contribution in [-0.2, 0) is 11.2 Å². The zero-order chi connectivity index (χ0) is 19.9. The van der Waals surface area contributed by atoms with Crippen LogP contribution < -0.4 is 10.1 Å². The van der Waals surface area contributed by atoms with Crippen LogP contribution in [0.2, 0.25) is 0 Å². The molecular weight excluding hydrogens is 378 g/mol. The summed E-state index contributed by atoms with van der Waals surface area (Å²) < 4.78 is 6.63. The lowest BCUT2D eigenvalue weighted by Gasteiger charge is -2.08. The van der Waals surface area contributed by atoms with Crippen LogP contribution in [0.15, 0.2) is 24.3 Å². The third-order valence-electron chi connectivity index (χ3n) is 3.91. The first kappa shape index (κ1) is 19.6. The van der Waals surface area contributed by atoms with Gasteiger partial charge in [0.15, 0.2) is 5.82 Å². The number of benzene rings is 1. The van der Waals surface area contributed by atoms with Crippen LogP contribution in [0.5, 0.6) is 5.75 Å². The SMILES string of the molecule is CCCCc1nnc(NC(=O)/C(=C/c2cccc(OC)c2)n2nnnc2C)s1. The molecule has 0 unspecified atom stereocenters. The van der Waals surface area contributed by atoms with E-state index in [4.69, 9.17) is 4.74 Å². The molecule has 0 bridgehead atoms. The van der Waals surface area contributed by atoms with E-state index >= 15 is 0 Å². The minimum absolute atomic E-state index is 0.265. The first-order valence-corrected chi connectivity index (χ1v) is 9.67. The van der Waals surface area contributed by atoms with Gasteiger partial charge in [0.2, 0.25) is 5.13 Å². The predicted molar refractivity (Wildman–Crippen MR) is 107 cm³/mol. The van der Waals surface area contributed by atoms with Crippen molar-refractivity contribution in [1.29, 1.82) is 0 Å². The van der Waals surface area contributed by atoms with Gasteiger partial charge in [0.1, 0.15) is 16.5 Å². The zero-order valence-corrected chi connectivity index (χ0v) is 16.7. The van der Waals surface area contributed by atoms with Gasteiger partial charge in [0, 0.05) is 6.42 Å². The molecule has 146 valence electrons. The Kier molecular flexibility index (Phi) is 6.43. The summed E-state index contributed by atoms with van der Waals surface area (Å²) >= 11 is 1.37. The Morgan fingerprint density at radius 2 is 2.18 bits per heavy atom. The van der Waals surface area contributed by atoms with E-state index in [0.29, 0.717) is 16.7 Å². The highest BCUT2D eigenvalue weighted by atomic mass is 32.1. The second-order valence-corrected chi connectivity index (χ2v) is 7.06. The summed E-state index contributed by atoms with van der Waals surface area (Å²) in [6.45, 7) is 3.84. The number of carbonyl (C=O) groups excluding carboxylic acids is 1. The Morgan fingerprint density at radius 1 is 1.32 bits per heavy atom. The lowest BCUT2D eigenvalue weighted by molar-refractivity contribution is -0.111. The smallest absolute Gasteiger partial charge is 0.276 e. The number of carbonyl (C=O) groups is 1. The first-order chi connectivity index (χ1) is 13.6. The monoisotopic (exact) mass is 399 g/mol. The Balaban J connectivity index is 1.88. The lowest BCUT2D eigenvalue weighted by Crippen LogP contribution is -2.19. The van der Waals surface area contributed by atoms with Crippen LogP contribution in [0.4, 0.5) is 5.13 Å². The van der Waals surface area contributed by atoms with Crippen molar-refractivity contribution in [3.8, 4) is 5.75 Å². The van der Waals surface area contributed by atoms with E-state index in [1.807, 2.05) is 24.3 Å². The summed E-state index contributed by atoms with van der Waals surface area (Å²) in [5.74, 6) is 0.799. The van der Waals surface area contributed by atoms with Gasteiger partial charge in [-0.1, -0.05) is 36.8 Å². The summed E-state index contributed by atoms with van der Waals surface area (Å²) in [5, 5.41) is 23.7. The molecule has 0 spiro atoms. The number of nitrogens with one attached hydrogen (secondary N) is 1. The third kappa shape index (κ3) is 4.77. The van der Waals surface area contributed by atoms with Crippen LogP contribution in [0.1, 0.15) is 36.2 Å². The molecule has 2 aromatic heterocycles. The van der Waals surface area contributed by atoms with Gasteiger partial charge in [-0.3, -0.25) is 10.1 Å². The van der Waals surface area contributed by atoms with Crippen molar-refractivity contribution >= 4 is 34.1 Å². The molecule has 10 heteroatoms. The quantitative estimate of drug-likeness (QED) is 0.580. The fraction of sp³-hybridized carbons (Fsp3) is 0.333. The van der Waals surface area contributed by atoms with Crippen LogP contribution in [0, 0.1) is 6.92 Å². The third-order valence-corrected chi connectivity index (χ3v) is 4.81. The molecule has 0 aliphatic carbocycles. The summed E-state index contributed by atoms with van der Waals surface area (Å²) in [7, 11) is 1.59. The van der Waals surface area contributed by atoms with Gasteiger partial charge in [-0.25, -0.2) is 0 Å². The maximum Gasteiger partial charge on any atom is 0.276 e. The molecule has 2 heterocycles. The Bertz CT molecular complexity index is 980. The van der Waals surface area contributed by atoms with Gasteiger partial charge in [-0.2, -0.15) is 4.68 Å². The maximum absolute atomic E-state index is 13.0. The van der Waals surface area contributed by atoms with Crippen molar-refractivity contribution in [1.82, 2.24) is 30.4 Å². The maximum atomic E-state index is 13.0. The van der Waals surface area contributed by atoms with Crippen LogP contribution in [-0.4, -0.2) is 43.4 Å². The molecule has 9 nitrogen and oxygen atoms in total. The van der Waals surface area contributed by atoms with Crippen molar-refractivity contribution in [2.24, 2.45) is 0 Å². The molecule has 3 aromatic rings. The highest BCUT2D eigenvalue weighted by molar-refractivity contribution is 7.15. The van der Waals surface area contributed by atoms with E-state index in [2.05, 4.69) is 38.0 Å². The topological polar surface area (TPSA) is 108 Å². The van der Waals surface area contributed by atoms with E-state index in [1.54, 1.807) is 20.1 Å². The number of hydrogen-bond donors (Lipinski definition) is 1. The van der Waals surface area contributed by atoms with Crippen molar-refractivity contribution in [3.05, 3.63) is 40.7 Å². The van der Waals surface area contributed by atoms with Gasteiger partial charge < -0.3 is 4.74 Å². The van der Waals surface area contributed by atoms with Gasteiger partial charge in [0.05, 0.1) is 7.11 Å². The predicted octanol–water partition coefficient (Wildman–Crippen LogP) is 2.82.